The fraction of sp³-hybridized carbons (Fsp3) is 0.381. The van der Waals surface area contributed by atoms with E-state index >= 15 is 0 Å². The topological polar surface area (TPSA) is 75.6 Å². The van der Waals surface area contributed by atoms with Crippen LogP contribution in [0.2, 0.25) is 0 Å². The molecule has 1 aliphatic carbocycles. The number of aromatic amines is 1. The van der Waals surface area contributed by atoms with Gasteiger partial charge in [-0.3, -0.25) is 9.89 Å². The third-order valence-corrected chi connectivity index (χ3v) is 5.46. The minimum atomic E-state index is -0.167. The average molecular weight is 363 g/mol. The van der Waals surface area contributed by atoms with Crippen molar-refractivity contribution in [3.63, 3.8) is 0 Å². The van der Waals surface area contributed by atoms with Crippen LogP contribution in [0, 0.1) is 11.3 Å². The largest absolute Gasteiger partial charge is 0.321 e. The summed E-state index contributed by atoms with van der Waals surface area (Å²) in [6.07, 6.45) is 6.58. The molecule has 2 N–H and O–H groups in total. The molecule has 0 fully saturated rings. The molecule has 2 heterocycles. The molecular formula is C21H25N5O. The first-order valence-corrected chi connectivity index (χ1v) is 9.39. The zero-order chi connectivity index (χ0) is 19.0. The molecule has 0 spiro atoms. The lowest BCUT2D eigenvalue weighted by Gasteiger charge is -2.33. The quantitative estimate of drug-likeness (QED) is 0.738. The highest BCUT2D eigenvalue weighted by molar-refractivity contribution is 6.04. The second-order valence-corrected chi connectivity index (χ2v) is 8.29. The summed E-state index contributed by atoms with van der Waals surface area (Å²) < 4.78 is 1.76. The number of carbonyl (C=O) groups excluding carboxylic acids is 1. The lowest BCUT2D eigenvalue weighted by atomic mass is 9.71. The normalized spacial score (nSPS) is 16.8. The number of aryl methyl sites for hydroxylation is 1. The first-order valence-electron chi connectivity index (χ1n) is 9.39. The molecule has 1 aliphatic rings. The van der Waals surface area contributed by atoms with Crippen LogP contribution in [0.15, 0.2) is 42.7 Å². The molecule has 2 aromatic heterocycles. The van der Waals surface area contributed by atoms with Crippen LogP contribution in [0.1, 0.15) is 48.9 Å². The smallest absolute Gasteiger partial charge is 0.276 e. The second-order valence-electron chi connectivity index (χ2n) is 8.29. The molecule has 0 saturated heterocycles. The van der Waals surface area contributed by atoms with Crippen LogP contribution in [0.4, 0.5) is 5.69 Å². The van der Waals surface area contributed by atoms with Gasteiger partial charge in [-0.05, 0) is 54.9 Å². The number of amides is 1. The zero-order valence-electron chi connectivity index (χ0n) is 16.0. The highest BCUT2D eigenvalue weighted by Gasteiger charge is 2.32. The van der Waals surface area contributed by atoms with Crippen LogP contribution in [0.25, 0.3) is 5.69 Å². The van der Waals surface area contributed by atoms with Crippen molar-refractivity contribution in [3.05, 3.63) is 59.7 Å². The Morgan fingerprint density at radius 3 is 2.89 bits per heavy atom. The van der Waals surface area contributed by atoms with Gasteiger partial charge in [0.15, 0.2) is 5.69 Å². The Hall–Kier alpha value is -2.89. The molecule has 1 unspecified atom stereocenters. The van der Waals surface area contributed by atoms with Crippen molar-refractivity contribution in [1.29, 1.82) is 0 Å². The summed E-state index contributed by atoms with van der Waals surface area (Å²) >= 11 is 0. The highest BCUT2D eigenvalue weighted by atomic mass is 16.1. The number of benzene rings is 1. The Morgan fingerprint density at radius 2 is 2.15 bits per heavy atom. The molecule has 27 heavy (non-hydrogen) atoms. The molecule has 0 radical (unpaired) electrons. The van der Waals surface area contributed by atoms with Crippen molar-refractivity contribution in [1.82, 2.24) is 20.0 Å². The summed E-state index contributed by atoms with van der Waals surface area (Å²) in [5, 5.41) is 14.6. The van der Waals surface area contributed by atoms with Gasteiger partial charge in [-0.2, -0.15) is 10.2 Å². The summed E-state index contributed by atoms with van der Waals surface area (Å²) in [5.41, 5.74) is 4.54. The summed E-state index contributed by atoms with van der Waals surface area (Å²) in [6, 6.07) is 9.51. The van der Waals surface area contributed by atoms with Gasteiger partial charge in [0.1, 0.15) is 0 Å². The van der Waals surface area contributed by atoms with E-state index in [4.69, 9.17) is 0 Å². The van der Waals surface area contributed by atoms with Crippen LogP contribution < -0.4 is 5.32 Å². The highest BCUT2D eigenvalue weighted by Crippen LogP contribution is 2.37. The molecule has 6 nitrogen and oxygen atoms in total. The van der Waals surface area contributed by atoms with Gasteiger partial charge in [0, 0.05) is 29.3 Å². The number of nitrogens with one attached hydrogen (secondary N) is 2. The van der Waals surface area contributed by atoms with E-state index in [0.717, 1.165) is 41.9 Å². The van der Waals surface area contributed by atoms with Crippen molar-refractivity contribution in [2.45, 2.75) is 40.0 Å². The maximum atomic E-state index is 12.9. The molecule has 6 heteroatoms. The summed E-state index contributed by atoms with van der Waals surface area (Å²) in [4.78, 5) is 12.9. The van der Waals surface area contributed by atoms with Crippen molar-refractivity contribution in [2.75, 3.05) is 5.32 Å². The van der Waals surface area contributed by atoms with Crippen molar-refractivity contribution in [3.8, 4) is 5.69 Å². The Kier molecular flexibility index (Phi) is 4.34. The van der Waals surface area contributed by atoms with Crippen molar-refractivity contribution < 1.29 is 4.79 Å². The van der Waals surface area contributed by atoms with Gasteiger partial charge >= 0.3 is 0 Å². The predicted octanol–water partition coefficient (Wildman–Crippen LogP) is 4.00. The maximum Gasteiger partial charge on any atom is 0.276 e. The van der Waals surface area contributed by atoms with Crippen LogP contribution >= 0.6 is 0 Å². The number of hydrogen-bond acceptors (Lipinski definition) is 3. The molecule has 3 aromatic rings. The number of aromatic nitrogens is 4. The number of hydrogen-bond donors (Lipinski definition) is 2. The van der Waals surface area contributed by atoms with Gasteiger partial charge in [0.25, 0.3) is 5.91 Å². The molecule has 0 bridgehead atoms. The number of carbonyl (C=O) groups is 1. The second kappa shape index (κ2) is 6.68. The van der Waals surface area contributed by atoms with E-state index < -0.39 is 0 Å². The van der Waals surface area contributed by atoms with Crippen molar-refractivity contribution >= 4 is 11.6 Å². The van der Waals surface area contributed by atoms with Gasteiger partial charge in [-0.15, -0.1) is 0 Å². The van der Waals surface area contributed by atoms with E-state index in [1.165, 1.54) is 0 Å². The Balaban J connectivity index is 1.55. The number of rotatable bonds is 3. The van der Waals surface area contributed by atoms with E-state index in [-0.39, 0.29) is 11.3 Å². The fourth-order valence-electron chi connectivity index (χ4n) is 3.76. The molecule has 1 aromatic carbocycles. The van der Waals surface area contributed by atoms with Gasteiger partial charge < -0.3 is 5.32 Å². The first-order chi connectivity index (χ1) is 12.9. The molecule has 1 amide bonds. The molecule has 0 aliphatic heterocycles. The summed E-state index contributed by atoms with van der Waals surface area (Å²) in [5.74, 6) is 0.386. The van der Waals surface area contributed by atoms with E-state index in [1.54, 1.807) is 10.9 Å². The Morgan fingerprint density at radius 1 is 1.30 bits per heavy atom. The number of H-pyrrole nitrogens is 1. The standard InChI is InChI=1S/C21H25N5O/c1-21(2,3)14-8-9-18-17(12-14)19(25-24-18)20(27)23-15-6-4-7-16(13-15)26-11-5-10-22-26/h4-7,10-11,13-14H,8-9,12H2,1-3H3,(H,23,27)(H,24,25). The van der Waals surface area contributed by atoms with Crippen LogP contribution in [-0.4, -0.2) is 25.9 Å². The number of nitrogens with zero attached hydrogens (tertiary/aromatic N) is 3. The zero-order valence-corrected chi connectivity index (χ0v) is 16.0. The van der Waals surface area contributed by atoms with E-state index in [9.17, 15) is 4.79 Å². The minimum absolute atomic E-state index is 0.167. The SMILES string of the molecule is CC(C)(C)C1CCc2[nH]nc(C(=O)Nc3cccc(-n4cccn4)c3)c2C1. The van der Waals surface area contributed by atoms with Crippen molar-refractivity contribution in [2.24, 2.45) is 11.3 Å². The summed E-state index contributed by atoms with van der Waals surface area (Å²) in [6.45, 7) is 6.80. The molecule has 140 valence electrons. The lowest BCUT2D eigenvalue weighted by Crippen LogP contribution is -2.28. The van der Waals surface area contributed by atoms with Crippen LogP contribution in [0.3, 0.4) is 0 Å². The number of anilines is 1. The molecule has 4 rings (SSSR count). The van der Waals surface area contributed by atoms with Gasteiger partial charge in [-0.25, -0.2) is 4.68 Å². The third kappa shape index (κ3) is 3.52. The fourth-order valence-corrected chi connectivity index (χ4v) is 3.76. The molecule has 0 saturated carbocycles. The lowest BCUT2D eigenvalue weighted by molar-refractivity contribution is 0.102. The van der Waals surface area contributed by atoms with E-state index in [1.807, 2.05) is 36.5 Å². The monoisotopic (exact) mass is 363 g/mol. The first kappa shape index (κ1) is 17.5. The maximum absolute atomic E-state index is 12.9. The Labute approximate surface area is 159 Å². The minimum Gasteiger partial charge on any atom is -0.321 e. The molecular weight excluding hydrogens is 338 g/mol. The van der Waals surface area contributed by atoms with E-state index in [2.05, 4.69) is 41.4 Å². The van der Waals surface area contributed by atoms with Crippen LogP contribution in [0.5, 0.6) is 0 Å². The van der Waals surface area contributed by atoms with Gasteiger partial charge in [0.05, 0.1) is 5.69 Å². The van der Waals surface area contributed by atoms with E-state index in [0.29, 0.717) is 11.6 Å². The number of fused-ring (bicyclic) bond motifs is 1. The van der Waals surface area contributed by atoms with Gasteiger partial charge in [0.2, 0.25) is 0 Å². The average Bonchev–Trinajstić information content (AvgIpc) is 3.30. The summed E-state index contributed by atoms with van der Waals surface area (Å²) in [7, 11) is 0. The predicted molar refractivity (Wildman–Crippen MR) is 105 cm³/mol. The van der Waals surface area contributed by atoms with Gasteiger partial charge in [-0.1, -0.05) is 26.8 Å². The van der Waals surface area contributed by atoms with Crippen LogP contribution in [-0.2, 0) is 12.8 Å². The molecule has 1 atom stereocenters. The Bertz CT molecular complexity index is 949. The third-order valence-electron chi connectivity index (χ3n) is 5.46.